The zero-order valence-corrected chi connectivity index (χ0v) is 18.2. The summed E-state index contributed by atoms with van der Waals surface area (Å²) in [6, 6.07) is 0. The maximum absolute atomic E-state index is 13.0. The molecule has 0 amide bonds. The van der Waals surface area contributed by atoms with Crippen LogP contribution in [0.25, 0.3) is 0 Å². The SMILES string of the molecule is CC(C)OCC(=O)[C@@]1(O)CCC2[C@@H]3CCC4=CC(=O)CC[C@]4(C)C3[C@@H](O)C[C@@]21C. The third kappa shape index (κ3) is 2.99. The minimum Gasteiger partial charge on any atom is -0.393 e. The van der Waals surface area contributed by atoms with E-state index in [1.54, 1.807) is 0 Å². The van der Waals surface area contributed by atoms with Crippen LogP contribution in [0.4, 0.5) is 0 Å². The molecule has 0 aromatic rings. The fraction of sp³-hybridized carbons (Fsp3) is 0.833. The molecule has 2 unspecified atom stereocenters. The second-order valence-electron chi connectivity index (χ2n) is 10.8. The number of Topliss-reactive ketones (excluding diaryl/α,β-unsaturated/α-hetero) is 1. The van der Waals surface area contributed by atoms with Crippen molar-refractivity contribution in [2.24, 2.45) is 28.6 Å². The number of fused-ring (bicyclic) bond motifs is 5. The molecule has 4 aliphatic rings. The molecule has 0 bridgehead atoms. The van der Waals surface area contributed by atoms with Crippen molar-refractivity contribution in [3.63, 3.8) is 0 Å². The van der Waals surface area contributed by atoms with Crippen LogP contribution < -0.4 is 0 Å². The first-order chi connectivity index (χ1) is 13.5. The van der Waals surface area contributed by atoms with Gasteiger partial charge in [-0.1, -0.05) is 19.4 Å². The lowest BCUT2D eigenvalue weighted by Crippen LogP contribution is -2.62. The van der Waals surface area contributed by atoms with Crippen molar-refractivity contribution in [1.29, 1.82) is 0 Å². The van der Waals surface area contributed by atoms with Crippen LogP contribution in [0.5, 0.6) is 0 Å². The number of aliphatic hydroxyl groups excluding tert-OH is 1. The zero-order chi connectivity index (χ0) is 21.2. The quantitative estimate of drug-likeness (QED) is 0.752. The Kier molecular flexibility index (Phi) is 5.12. The molecule has 0 radical (unpaired) electrons. The van der Waals surface area contributed by atoms with E-state index in [0.29, 0.717) is 19.3 Å². The van der Waals surface area contributed by atoms with Crippen molar-refractivity contribution >= 4 is 11.6 Å². The second-order valence-corrected chi connectivity index (χ2v) is 10.8. The summed E-state index contributed by atoms with van der Waals surface area (Å²) in [5.74, 6) is 0.537. The fourth-order valence-corrected chi connectivity index (χ4v) is 7.51. The van der Waals surface area contributed by atoms with Crippen LogP contribution in [0.15, 0.2) is 11.6 Å². The monoisotopic (exact) mass is 404 g/mol. The minimum absolute atomic E-state index is 0.0635. The van der Waals surface area contributed by atoms with Gasteiger partial charge in [0.05, 0.1) is 12.2 Å². The predicted molar refractivity (Wildman–Crippen MR) is 109 cm³/mol. The molecule has 0 aliphatic heterocycles. The highest BCUT2D eigenvalue weighted by Crippen LogP contribution is 2.67. The number of carbonyl (C=O) groups excluding carboxylic acids is 2. The average molecular weight is 405 g/mol. The Balaban J connectivity index is 1.65. The number of carbonyl (C=O) groups is 2. The van der Waals surface area contributed by atoms with Crippen molar-refractivity contribution < 1.29 is 24.5 Å². The maximum atomic E-state index is 13.0. The summed E-state index contributed by atoms with van der Waals surface area (Å²) in [6.45, 7) is 7.92. The molecule has 0 aromatic carbocycles. The molecule has 3 fully saturated rings. The summed E-state index contributed by atoms with van der Waals surface area (Å²) in [4.78, 5) is 25.0. The van der Waals surface area contributed by atoms with Crippen LogP contribution in [0.1, 0.15) is 72.6 Å². The predicted octanol–water partition coefficient (Wildman–Crippen LogP) is 3.21. The standard InChI is InChI=1S/C24H36O5/c1-14(2)29-13-20(27)24(28)10-8-18-17-6-5-15-11-16(25)7-9-22(15,3)21(17)19(26)12-23(18,24)4/h11,14,17-19,21,26,28H,5-10,12-13H2,1-4H3/t17-,18?,19-,21?,22-,23-,24-/m0/s1. The van der Waals surface area contributed by atoms with E-state index in [-0.39, 0.29) is 47.4 Å². The molecule has 7 atom stereocenters. The van der Waals surface area contributed by atoms with Gasteiger partial charge in [-0.2, -0.15) is 0 Å². The van der Waals surface area contributed by atoms with E-state index < -0.39 is 17.1 Å². The number of hydrogen-bond acceptors (Lipinski definition) is 5. The molecule has 4 rings (SSSR count). The molecule has 29 heavy (non-hydrogen) atoms. The van der Waals surface area contributed by atoms with Crippen LogP contribution >= 0.6 is 0 Å². The molecular formula is C24H36O5. The van der Waals surface area contributed by atoms with Gasteiger partial charge >= 0.3 is 0 Å². The fourth-order valence-electron chi connectivity index (χ4n) is 7.51. The van der Waals surface area contributed by atoms with E-state index in [4.69, 9.17) is 4.74 Å². The van der Waals surface area contributed by atoms with Gasteiger partial charge in [-0.05, 0) is 81.6 Å². The number of ketones is 2. The summed E-state index contributed by atoms with van der Waals surface area (Å²) in [7, 11) is 0. The second kappa shape index (κ2) is 7.00. The first kappa shape index (κ1) is 21.2. The summed E-state index contributed by atoms with van der Waals surface area (Å²) in [6.07, 6.45) is 6.02. The van der Waals surface area contributed by atoms with E-state index in [1.807, 2.05) is 26.8 Å². The first-order valence-electron chi connectivity index (χ1n) is 11.3. The molecule has 0 saturated heterocycles. The summed E-state index contributed by atoms with van der Waals surface area (Å²) < 4.78 is 5.52. The molecule has 5 heteroatoms. The Morgan fingerprint density at radius 3 is 2.66 bits per heavy atom. The summed E-state index contributed by atoms with van der Waals surface area (Å²) >= 11 is 0. The third-order valence-corrected chi connectivity index (χ3v) is 9.06. The van der Waals surface area contributed by atoms with E-state index in [9.17, 15) is 19.8 Å². The van der Waals surface area contributed by atoms with Crippen LogP contribution in [0, 0.1) is 28.6 Å². The van der Waals surface area contributed by atoms with Crippen molar-refractivity contribution in [3.8, 4) is 0 Å². The van der Waals surface area contributed by atoms with Gasteiger partial charge in [0, 0.05) is 11.8 Å². The molecule has 0 spiro atoms. The van der Waals surface area contributed by atoms with E-state index in [0.717, 1.165) is 25.7 Å². The molecule has 0 heterocycles. The highest BCUT2D eigenvalue weighted by Gasteiger charge is 2.68. The third-order valence-electron chi connectivity index (χ3n) is 9.06. The van der Waals surface area contributed by atoms with E-state index in [1.165, 1.54) is 5.57 Å². The zero-order valence-electron chi connectivity index (χ0n) is 18.2. The summed E-state index contributed by atoms with van der Waals surface area (Å²) in [5.41, 5.74) is -1.01. The first-order valence-corrected chi connectivity index (χ1v) is 11.3. The number of rotatable bonds is 4. The molecule has 5 nitrogen and oxygen atoms in total. The molecule has 4 aliphatic carbocycles. The Morgan fingerprint density at radius 2 is 1.97 bits per heavy atom. The number of hydrogen-bond donors (Lipinski definition) is 2. The van der Waals surface area contributed by atoms with Crippen molar-refractivity contribution in [2.45, 2.75) is 90.4 Å². The van der Waals surface area contributed by atoms with Gasteiger partial charge in [-0.3, -0.25) is 9.59 Å². The number of aliphatic hydroxyl groups is 2. The summed E-state index contributed by atoms with van der Waals surface area (Å²) in [5, 5.41) is 22.9. The lowest BCUT2D eigenvalue weighted by molar-refractivity contribution is -0.183. The van der Waals surface area contributed by atoms with Crippen LogP contribution in [-0.2, 0) is 14.3 Å². The Morgan fingerprint density at radius 1 is 1.24 bits per heavy atom. The van der Waals surface area contributed by atoms with Gasteiger partial charge < -0.3 is 14.9 Å². The lowest BCUT2D eigenvalue weighted by atomic mass is 9.45. The Hall–Kier alpha value is -1.04. The van der Waals surface area contributed by atoms with Gasteiger partial charge in [-0.15, -0.1) is 0 Å². The molecule has 0 aromatic heterocycles. The number of ether oxygens (including phenoxy) is 1. The molecule has 3 saturated carbocycles. The van der Waals surface area contributed by atoms with E-state index in [2.05, 4.69) is 6.92 Å². The van der Waals surface area contributed by atoms with Gasteiger partial charge in [-0.25, -0.2) is 0 Å². The Labute approximate surface area is 173 Å². The number of allylic oxidation sites excluding steroid dienone is 1. The topological polar surface area (TPSA) is 83.8 Å². The largest absolute Gasteiger partial charge is 0.393 e. The Bertz CT molecular complexity index is 742. The highest BCUT2D eigenvalue weighted by molar-refractivity contribution is 5.92. The maximum Gasteiger partial charge on any atom is 0.190 e. The van der Waals surface area contributed by atoms with Crippen LogP contribution in [0.3, 0.4) is 0 Å². The van der Waals surface area contributed by atoms with Crippen LogP contribution in [0.2, 0.25) is 0 Å². The van der Waals surface area contributed by atoms with Gasteiger partial charge in [0.2, 0.25) is 0 Å². The van der Waals surface area contributed by atoms with Gasteiger partial charge in [0.15, 0.2) is 11.6 Å². The average Bonchev–Trinajstić information content (AvgIpc) is 2.91. The minimum atomic E-state index is -1.43. The smallest absolute Gasteiger partial charge is 0.190 e. The lowest BCUT2D eigenvalue weighted by Gasteiger charge is -2.60. The van der Waals surface area contributed by atoms with Crippen molar-refractivity contribution in [3.05, 3.63) is 11.6 Å². The van der Waals surface area contributed by atoms with Gasteiger partial charge in [0.25, 0.3) is 0 Å². The highest BCUT2D eigenvalue weighted by atomic mass is 16.5. The van der Waals surface area contributed by atoms with Crippen molar-refractivity contribution in [2.75, 3.05) is 6.61 Å². The van der Waals surface area contributed by atoms with Crippen LogP contribution in [-0.4, -0.2) is 46.2 Å². The molecule has 2 N–H and O–H groups in total. The normalized spacial score (nSPS) is 46.7. The van der Waals surface area contributed by atoms with E-state index >= 15 is 0 Å². The molecule has 162 valence electrons. The van der Waals surface area contributed by atoms with Crippen molar-refractivity contribution in [1.82, 2.24) is 0 Å². The molecular weight excluding hydrogens is 368 g/mol. The van der Waals surface area contributed by atoms with Gasteiger partial charge in [0.1, 0.15) is 12.2 Å².